The molecule has 0 saturated carbocycles. The topological polar surface area (TPSA) is 124 Å². The first-order chi connectivity index (χ1) is 23.3. The minimum absolute atomic E-state index is 0.314. The molecular weight excluding hydrogens is 616 g/mol. The van der Waals surface area contributed by atoms with Crippen molar-refractivity contribution < 1.29 is 47.6 Å². The van der Waals surface area contributed by atoms with Gasteiger partial charge in [0, 0.05) is 12.2 Å². The van der Waals surface area contributed by atoms with Gasteiger partial charge < -0.3 is 28.4 Å². The summed E-state index contributed by atoms with van der Waals surface area (Å²) in [4.78, 5) is 47.5. The highest BCUT2D eigenvalue weighted by atomic mass is 16.5. The molecule has 10 heteroatoms. The van der Waals surface area contributed by atoms with Gasteiger partial charge in [0.2, 0.25) is 0 Å². The van der Waals surface area contributed by atoms with Crippen molar-refractivity contribution in [3.8, 4) is 23.0 Å². The van der Waals surface area contributed by atoms with Crippen LogP contribution in [0.1, 0.15) is 71.2 Å². The molecule has 0 bridgehead atoms. The molecule has 0 atom stereocenters. The molecule has 0 amide bonds. The van der Waals surface area contributed by atoms with E-state index in [-0.39, 0.29) is 0 Å². The first-order valence-electron chi connectivity index (χ1n) is 15.9. The molecule has 254 valence electrons. The average Bonchev–Trinajstić information content (AvgIpc) is 3.10. The monoisotopic (exact) mass is 658 g/mol. The smallest absolute Gasteiger partial charge is 0.343 e. The molecule has 0 N–H and O–H groups in total. The van der Waals surface area contributed by atoms with Crippen LogP contribution in [-0.2, 0) is 19.1 Å². The highest BCUT2D eigenvalue weighted by Gasteiger charge is 2.14. The van der Waals surface area contributed by atoms with Crippen LogP contribution >= 0.6 is 0 Å². The summed E-state index contributed by atoms with van der Waals surface area (Å²) in [5.74, 6) is 0.0444. The number of aryl methyl sites for hydroxylation is 1. The van der Waals surface area contributed by atoms with Crippen LogP contribution in [0.5, 0.6) is 23.0 Å². The third-order valence-electron chi connectivity index (χ3n) is 6.93. The van der Waals surface area contributed by atoms with Crippen LogP contribution in [-0.4, -0.2) is 50.3 Å². The Balaban J connectivity index is 1.37. The third-order valence-corrected chi connectivity index (χ3v) is 6.93. The molecule has 0 spiro atoms. The fourth-order valence-corrected chi connectivity index (χ4v) is 4.28. The summed E-state index contributed by atoms with van der Waals surface area (Å²) in [7, 11) is 0. The zero-order chi connectivity index (χ0) is 34.6. The predicted molar refractivity (Wildman–Crippen MR) is 180 cm³/mol. The molecule has 0 saturated heterocycles. The lowest BCUT2D eigenvalue weighted by atomic mass is 10.2. The molecule has 3 aromatic carbocycles. The van der Waals surface area contributed by atoms with E-state index < -0.39 is 23.9 Å². The Hall–Kier alpha value is -5.38. The summed E-state index contributed by atoms with van der Waals surface area (Å²) in [6.45, 7) is 10.2. The van der Waals surface area contributed by atoms with E-state index in [1.807, 2.05) is 0 Å². The summed E-state index contributed by atoms with van der Waals surface area (Å²) < 4.78 is 32.4. The summed E-state index contributed by atoms with van der Waals surface area (Å²) in [6, 6.07) is 18.1. The Morgan fingerprint density at radius 1 is 0.542 bits per heavy atom. The second-order valence-electron chi connectivity index (χ2n) is 10.7. The minimum atomic E-state index is -0.534. The lowest BCUT2D eigenvalue weighted by molar-refractivity contribution is -0.138. The van der Waals surface area contributed by atoms with Gasteiger partial charge in [0.25, 0.3) is 0 Å². The molecule has 0 fully saturated rings. The minimum Gasteiger partial charge on any atom is -0.494 e. The Morgan fingerprint density at radius 2 is 0.958 bits per heavy atom. The van der Waals surface area contributed by atoms with Crippen molar-refractivity contribution in [1.29, 1.82) is 0 Å². The van der Waals surface area contributed by atoms with E-state index >= 15 is 0 Å². The van der Waals surface area contributed by atoms with Gasteiger partial charge in [-0.05, 0) is 124 Å². The molecule has 0 aliphatic heterocycles. The van der Waals surface area contributed by atoms with E-state index in [9.17, 15) is 19.2 Å². The van der Waals surface area contributed by atoms with Crippen molar-refractivity contribution in [2.24, 2.45) is 0 Å². The van der Waals surface area contributed by atoms with Crippen LogP contribution in [0.3, 0.4) is 0 Å². The van der Waals surface area contributed by atoms with E-state index in [2.05, 4.69) is 13.2 Å². The summed E-state index contributed by atoms with van der Waals surface area (Å²) in [6.07, 6.45) is 8.18. The Bertz CT molecular complexity index is 1510. The van der Waals surface area contributed by atoms with Gasteiger partial charge in [-0.2, -0.15) is 0 Å². The quantitative estimate of drug-likeness (QED) is 0.0496. The van der Waals surface area contributed by atoms with Crippen LogP contribution < -0.4 is 18.9 Å². The molecule has 3 aromatic rings. The molecule has 0 radical (unpaired) electrons. The third kappa shape index (κ3) is 13.5. The number of esters is 4. The van der Waals surface area contributed by atoms with Gasteiger partial charge in [-0.25, -0.2) is 19.2 Å². The van der Waals surface area contributed by atoms with Gasteiger partial charge in [0.15, 0.2) is 0 Å². The number of hydrogen-bond donors (Lipinski definition) is 0. The lowest BCUT2D eigenvalue weighted by Crippen LogP contribution is -2.10. The average molecular weight is 659 g/mol. The molecule has 48 heavy (non-hydrogen) atoms. The summed E-state index contributed by atoms with van der Waals surface area (Å²) in [5, 5.41) is 0. The lowest BCUT2D eigenvalue weighted by Gasteiger charge is -2.11. The van der Waals surface area contributed by atoms with Crippen molar-refractivity contribution in [3.63, 3.8) is 0 Å². The second kappa shape index (κ2) is 20.7. The van der Waals surface area contributed by atoms with Crippen LogP contribution in [0.4, 0.5) is 0 Å². The van der Waals surface area contributed by atoms with Crippen molar-refractivity contribution in [1.82, 2.24) is 0 Å². The SMILES string of the molecule is C=CC(=O)OCCCCCCOc1ccc(C(=O)Oc2ccc(OC(=O)c3ccc(OCCCCCOC(=O)C=C)cc3)cc2C)cc1. The van der Waals surface area contributed by atoms with Gasteiger partial charge in [-0.15, -0.1) is 0 Å². The van der Waals surface area contributed by atoms with Crippen molar-refractivity contribution >= 4 is 23.9 Å². The van der Waals surface area contributed by atoms with Crippen molar-refractivity contribution in [2.45, 2.75) is 51.9 Å². The van der Waals surface area contributed by atoms with E-state index in [1.165, 1.54) is 0 Å². The van der Waals surface area contributed by atoms with E-state index in [0.29, 0.717) is 66.1 Å². The molecule has 0 aliphatic rings. The van der Waals surface area contributed by atoms with Crippen LogP contribution in [0.2, 0.25) is 0 Å². The van der Waals surface area contributed by atoms with Crippen LogP contribution in [0, 0.1) is 6.92 Å². The zero-order valence-electron chi connectivity index (χ0n) is 27.3. The van der Waals surface area contributed by atoms with E-state index in [1.54, 1.807) is 73.7 Å². The molecule has 0 aromatic heterocycles. The number of ether oxygens (including phenoxy) is 6. The maximum absolute atomic E-state index is 12.7. The number of carbonyl (C=O) groups excluding carboxylic acids is 4. The molecule has 3 rings (SSSR count). The largest absolute Gasteiger partial charge is 0.494 e. The summed E-state index contributed by atoms with van der Waals surface area (Å²) in [5.41, 5.74) is 1.34. The van der Waals surface area contributed by atoms with Gasteiger partial charge >= 0.3 is 23.9 Å². The Kier molecular flexibility index (Phi) is 16.0. The highest BCUT2D eigenvalue weighted by molar-refractivity contribution is 5.92. The number of hydrogen-bond acceptors (Lipinski definition) is 10. The normalized spacial score (nSPS) is 10.4. The Labute approximate surface area is 281 Å². The van der Waals surface area contributed by atoms with Gasteiger partial charge in [-0.1, -0.05) is 13.2 Å². The maximum Gasteiger partial charge on any atom is 0.343 e. The summed E-state index contributed by atoms with van der Waals surface area (Å²) >= 11 is 0. The van der Waals surface area contributed by atoms with Crippen molar-refractivity contribution in [3.05, 3.63) is 109 Å². The molecule has 0 heterocycles. The van der Waals surface area contributed by atoms with Gasteiger partial charge in [-0.3, -0.25) is 0 Å². The maximum atomic E-state index is 12.7. The number of unbranched alkanes of at least 4 members (excludes halogenated alkanes) is 5. The predicted octanol–water partition coefficient (Wildman–Crippen LogP) is 7.38. The number of rotatable bonds is 21. The molecule has 10 nitrogen and oxygen atoms in total. The molecule has 0 unspecified atom stereocenters. The highest BCUT2D eigenvalue weighted by Crippen LogP contribution is 2.26. The zero-order valence-corrected chi connectivity index (χ0v) is 27.3. The number of carbonyl (C=O) groups is 4. The van der Waals surface area contributed by atoms with Crippen molar-refractivity contribution in [2.75, 3.05) is 26.4 Å². The Morgan fingerprint density at radius 3 is 1.42 bits per heavy atom. The van der Waals surface area contributed by atoms with Crippen LogP contribution in [0.25, 0.3) is 0 Å². The first-order valence-corrected chi connectivity index (χ1v) is 15.9. The van der Waals surface area contributed by atoms with Crippen LogP contribution in [0.15, 0.2) is 92.0 Å². The first kappa shape index (κ1) is 37.1. The van der Waals surface area contributed by atoms with E-state index in [0.717, 1.165) is 57.1 Å². The van der Waals surface area contributed by atoms with Gasteiger partial charge in [0.1, 0.15) is 23.0 Å². The second-order valence-corrected chi connectivity index (χ2v) is 10.7. The van der Waals surface area contributed by atoms with Gasteiger partial charge in [0.05, 0.1) is 37.6 Å². The molecular formula is C38H42O10. The fourth-order valence-electron chi connectivity index (χ4n) is 4.28. The van der Waals surface area contributed by atoms with E-state index in [4.69, 9.17) is 28.4 Å². The number of benzene rings is 3. The molecule has 0 aliphatic carbocycles. The standard InChI is InChI=1S/C38H42O10/c1-4-35(39)45-25-10-7-6-9-23-43-32-19-15-30(16-20-32)38(42)48-34-22-21-33(27-28(34)3)47-37(41)29-13-17-31(18-14-29)44-24-11-8-12-26-46-36(40)5-2/h4-5,13-22,27H,1-2,6-12,23-26H2,3H3. The fraction of sp³-hybridized carbons (Fsp3) is 0.316.